The predicted octanol–water partition coefficient (Wildman–Crippen LogP) is 1.60. The minimum atomic E-state index is -3.58. The SMILES string of the molecule is NS(=O)(=NC(=O)Nc1c2c(nc3c1CCC3)CCC2)c1cnn2c1OCC(N1CC(F)C1)C2. The highest BCUT2D eigenvalue weighted by Gasteiger charge is 2.37. The fourth-order valence-electron chi connectivity index (χ4n) is 5.27. The van der Waals surface area contributed by atoms with Crippen molar-refractivity contribution in [1.29, 1.82) is 0 Å². The van der Waals surface area contributed by atoms with E-state index in [0.29, 0.717) is 26.2 Å². The molecule has 2 aromatic rings. The van der Waals surface area contributed by atoms with Crippen molar-refractivity contribution in [2.45, 2.75) is 62.2 Å². The number of anilines is 1. The number of likely N-dealkylation sites (tertiary alicyclic amines) is 1. The zero-order valence-corrected chi connectivity index (χ0v) is 18.9. The van der Waals surface area contributed by atoms with E-state index in [1.807, 2.05) is 4.90 Å². The maximum Gasteiger partial charge on any atom is 0.354 e. The summed E-state index contributed by atoms with van der Waals surface area (Å²) in [5.74, 6) is 0.248. The molecule has 2 aliphatic heterocycles. The van der Waals surface area contributed by atoms with E-state index in [1.165, 1.54) is 6.20 Å². The van der Waals surface area contributed by atoms with Crippen LogP contribution in [-0.4, -0.2) is 61.8 Å². The third-order valence-electron chi connectivity index (χ3n) is 6.95. The number of alkyl halides is 1. The number of nitrogens with two attached hydrogens (primary N) is 1. The lowest BCUT2D eigenvalue weighted by atomic mass is 10.1. The Balaban J connectivity index is 1.25. The zero-order chi connectivity index (χ0) is 22.7. The maximum atomic E-state index is 13.3. The first kappa shape index (κ1) is 21.0. The van der Waals surface area contributed by atoms with Crippen molar-refractivity contribution in [3.63, 3.8) is 0 Å². The standard InChI is InChI=1S/C21H26FN7O3S/c22-12-8-28(9-12)13-10-29-20(32-11-13)18(7-24-29)33(23,31)27-21(30)26-19-14-3-1-5-16(14)25-17-6-2-4-15(17)19/h7,12-13H,1-6,8-11H2,(H3,23,25,26,27,30,31). The second kappa shape index (κ2) is 7.74. The maximum absolute atomic E-state index is 13.3. The Bertz CT molecular complexity index is 1230. The summed E-state index contributed by atoms with van der Waals surface area (Å²) in [5, 5.41) is 13.1. The van der Waals surface area contributed by atoms with Crippen molar-refractivity contribution in [3.05, 3.63) is 28.7 Å². The summed E-state index contributed by atoms with van der Waals surface area (Å²) in [6, 6.07) is -0.762. The number of rotatable bonds is 3. The number of urea groups is 1. The summed E-state index contributed by atoms with van der Waals surface area (Å²) in [6.45, 7) is 1.54. The average Bonchev–Trinajstić information content (AvgIpc) is 3.49. The number of halogens is 1. The monoisotopic (exact) mass is 475 g/mol. The van der Waals surface area contributed by atoms with Crippen molar-refractivity contribution in [2.24, 2.45) is 9.50 Å². The lowest BCUT2D eigenvalue weighted by Crippen LogP contribution is -2.57. The molecule has 6 rings (SSSR count). The number of amides is 2. The first-order valence-corrected chi connectivity index (χ1v) is 12.9. The Morgan fingerprint density at radius 1 is 1.18 bits per heavy atom. The van der Waals surface area contributed by atoms with Gasteiger partial charge in [-0.1, -0.05) is 0 Å². The molecule has 1 fully saturated rings. The Kier molecular flexibility index (Phi) is 4.93. The largest absolute Gasteiger partial charge is 0.475 e. The Morgan fingerprint density at radius 2 is 1.88 bits per heavy atom. The molecule has 4 heterocycles. The number of ether oxygens (including phenoxy) is 1. The number of aromatic nitrogens is 3. The van der Waals surface area contributed by atoms with E-state index in [1.54, 1.807) is 4.68 Å². The normalized spacial score (nSPS) is 23.6. The Morgan fingerprint density at radius 3 is 2.55 bits per heavy atom. The number of nitrogens with zero attached hydrogens (tertiary/aromatic N) is 5. The second-order valence-electron chi connectivity index (χ2n) is 9.15. The van der Waals surface area contributed by atoms with Crippen LogP contribution in [0.25, 0.3) is 0 Å². The van der Waals surface area contributed by atoms with Gasteiger partial charge in [-0.3, -0.25) is 9.88 Å². The van der Waals surface area contributed by atoms with Gasteiger partial charge in [0, 0.05) is 24.5 Å². The smallest absolute Gasteiger partial charge is 0.354 e. The molecule has 2 atom stereocenters. The minimum Gasteiger partial charge on any atom is -0.475 e. The number of carbonyl (C=O) groups excluding carboxylic acids is 1. The summed E-state index contributed by atoms with van der Waals surface area (Å²) in [4.78, 5) is 19.7. The van der Waals surface area contributed by atoms with Crippen LogP contribution in [0.2, 0.25) is 0 Å². The van der Waals surface area contributed by atoms with Gasteiger partial charge in [-0.05, 0) is 49.7 Å². The molecule has 0 saturated carbocycles. The third kappa shape index (κ3) is 3.60. The molecule has 2 aromatic heterocycles. The number of nitrogens with one attached hydrogen (secondary N) is 1. The molecule has 2 aliphatic carbocycles. The number of hydrogen-bond donors (Lipinski definition) is 2. The molecule has 2 amide bonds. The first-order chi connectivity index (χ1) is 15.9. The molecule has 12 heteroatoms. The van der Waals surface area contributed by atoms with Gasteiger partial charge in [-0.15, -0.1) is 4.36 Å². The van der Waals surface area contributed by atoms with E-state index < -0.39 is 22.1 Å². The molecule has 0 aromatic carbocycles. The average molecular weight is 476 g/mol. The van der Waals surface area contributed by atoms with Crippen LogP contribution in [-0.2, 0) is 42.1 Å². The number of carbonyl (C=O) groups is 1. The lowest BCUT2D eigenvalue weighted by Gasteiger charge is -2.41. The quantitative estimate of drug-likeness (QED) is 0.694. The predicted molar refractivity (Wildman–Crippen MR) is 118 cm³/mol. The van der Waals surface area contributed by atoms with Crippen LogP contribution in [0.15, 0.2) is 15.5 Å². The molecule has 1 saturated heterocycles. The molecule has 4 aliphatic rings. The fraction of sp³-hybridized carbons (Fsp3) is 0.571. The molecule has 0 radical (unpaired) electrons. The molecule has 0 spiro atoms. The van der Waals surface area contributed by atoms with Crippen molar-refractivity contribution < 1.29 is 18.1 Å². The number of pyridine rings is 1. The van der Waals surface area contributed by atoms with Gasteiger partial charge in [-0.2, -0.15) is 5.10 Å². The highest BCUT2D eigenvalue weighted by atomic mass is 32.2. The summed E-state index contributed by atoms with van der Waals surface area (Å²) < 4.78 is 37.6. The fourth-order valence-corrected chi connectivity index (χ4v) is 6.28. The Hall–Kier alpha value is -2.57. The van der Waals surface area contributed by atoms with Crippen LogP contribution >= 0.6 is 0 Å². The number of aryl methyl sites for hydroxylation is 2. The summed E-state index contributed by atoms with van der Waals surface area (Å²) >= 11 is 0. The minimum absolute atomic E-state index is 0.0119. The number of fused-ring (bicyclic) bond motifs is 3. The van der Waals surface area contributed by atoms with Crippen molar-refractivity contribution >= 4 is 21.6 Å². The molecule has 3 N–H and O–H groups in total. The van der Waals surface area contributed by atoms with Crippen molar-refractivity contribution in [2.75, 3.05) is 25.0 Å². The molecule has 10 nitrogen and oxygen atoms in total. The molecule has 33 heavy (non-hydrogen) atoms. The van der Waals surface area contributed by atoms with Gasteiger partial charge in [-0.25, -0.2) is 23.2 Å². The highest BCUT2D eigenvalue weighted by Crippen LogP contribution is 2.37. The van der Waals surface area contributed by atoms with E-state index in [4.69, 9.17) is 14.9 Å². The molecule has 2 unspecified atom stereocenters. The molecule has 176 valence electrons. The third-order valence-corrected chi connectivity index (χ3v) is 8.30. The van der Waals surface area contributed by atoms with Gasteiger partial charge in [0.1, 0.15) is 17.7 Å². The highest BCUT2D eigenvalue weighted by molar-refractivity contribution is 7.91. The summed E-state index contributed by atoms with van der Waals surface area (Å²) in [5.41, 5.74) is 4.96. The van der Waals surface area contributed by atoms with Crippen molar-refractivity contribution in [3.8, 4) is 5.88 Å². The van der Waals surface area contributed by atoms with Crippen molar-refractivity contribution in [1.82, 2.24) is 19.7 Å². The molecule has 0 bridgehead atoms. The van der Waals surface area contributed by atoms with Gasteiger partial charge in [0.25, 0.3) is 0 Å². The topological polar surface area (TPSA) is 128 Å². The van der Waals surface area contributed by atoms with Crippen LogP contribution in [0.4, 0.5) is 14.9 Å². The first-order valence-electron chi connectivity index (χ1n) is 11.3. The number of hydrogen-bond acceptors (Lipinski definition) is 6. The zero-order valence-electron chi connectivity index (χ0n) is 18.1. The van der Waals surface area contributed by atoms with Gasteiger partial charge >= 0.3 is 6.03 Å². The van der Waals surface area contributed by atoms with Gasteiger partial charge in [0.2, 0.25) is 5.88 Å². The van der Waals surface area contributed by atoms with E-state index in [2.05, 4.69) is 14.8 Å². The Labute approximate surface area is 191 Å². The lowest BCUT2D eigenvalue weighted by molar-refractivity contribution is -0.0114. The summed E-state index contributed by atoms with van der Waals surface area (Å²) in [7, 11) is -3.58. The van der Waals surface area contributed by atoms with Crippen LogP contribution in [0.3, 0.4) is 0 Å². The van der Waals surface area contributed by atoms with Gasteiger partial charge in [0.15, 0.2) is 9.92 Å². The van der Waals surface area contributed by atoms with E-state index in [9.17, 15) is 13.4 Å². The van der Waals surface area contributed by atoms with Gasteiger partial charge in [0.05, 0.1) is 24.5 Å². The van der Waals surface area contributed by atoms with Crippen LogP contribution in [0.1, 0.15) is 35.4 Å². The second-order valence-corrected chi connectivity index (χ2v) is 10.9. The van der Waals surface area contributed by atoms with Crippen LogP contribution in [0.5, 0.6) is 5.88 Å². The molecular formula is C21H26FN7O3S. The van der Waals surface area contributed by atoms with E-state index in [0.717, 1.165) is 66.7 Å². The van der Waals surface area contributed by atoms with E-state index >= 15 is 0 Å². The van der Waals surface area contributed by atoms with Crippen LogP contribution < -0.4 is 15.2 Å². The molecular weight excluding hydrogens is 449 g/mol. The van der Waals surface area contributed by atoms with E-state index in [-0.39, 0.29) is 16.8 Å². The van der Waals surface area contributed by atoms with Crippen LogP contribution in [0, 0.1) is 0 Å². The van der Waals surface area contributed by atoms with Gasteiger partial charge < -0.3 is 10.1 Å². The summed E-state index contributed by atoms with van der Waals surface area (Å²) in [6.07, 6.45) is 6.06.